The molecule has 0 aliphatic heterocycles. The van der Waals surface area contributed by atoms with Crippen molar-refractivity contribution in [3.63, 3.8) is 0 Å². The van der Waals surface area contributed by atoms with E-state index in [-0.39, 0.29) is 15.6 Å². The summed E-state index contributed by atoms with van der Waals surface area (Å²) in [5.41, 5.74) is 6.01. The normalized spacial score (nSPS) is 11.7. The fourth-order valence-corrected chi connectivity index (χ4v) is 2.84. The average Bonchev–Trinajstić information content (AvgIpc) is 2.57. The average molecular weight is 385 g/mol. The van der Waals surface area contributed by atoms with Crippen LogP contribution in [0.25, 0.3) is 22.0 Å². The van der Waals surface area contributed by atoms with Crippen LogP contribution in [0, 0.1) is 0 Å². The molecule has 25 heavy (non-hydrogen) atoms. The van der Waals surface area contributed by atoms with Crippen molar-refractivity contribution in [2.75, 3.05) is 0 Å². The Morgan fingerprint density at radius 3 is 2.28 bits per heavy atom. The summed E-state index contributed by atoms with van der Waals surface area (Å²) in [5.74, 6) is -0.679. The molecule has 0 saturated carbocycles. The highest BCUT2D eigenvalue weighted by molar-refractivity contribution is 6.45. The van der Waals surface area contributed by atoms with Crippen molar-refractivity contribution in [3.05, 3.63) is 63.8 Å². The standard InChI is InChI=1S/C17H9Cl2F3N2O/c18-13-6-11(8-1-3-10(4-2-8)17(20,21)22)15-12(14(13)19)5-9(7-24-15)16(23)25/h1-7H,(H2,23,25). The third kappa shape index (κ3) is 3.27. The number of nitrogens with zero attached hydrogens (tertiary/aromatic N) is 1. The Kier molecular flexibility index (Phi) is 4.34. The summed E-state index contributed by atoms with van der Waals surface area (Å²) >= 11 is 12.3. The lowest BCUT2D eigenvalue weighted by Gasteiger charge is -2.12. The fourth-order valence-electron chi connectivity index (χ4n) is 2.43. The van der Waals surface area contributed by atoms with Gasteiger partial charge in [-0.1, -0.05) is 35.3 Å². The van der Waals surface area contributed by atoms with Gasteiger partial charge in [0, 0.05) is 17.1 Å². The number of alkyl halides is 3. The predicted molar refractivity (Wildman–Crippen MR) is 90.7 cm³/mol. The summed E-state index contributed by atoms with van der Waals surface area (Å²) in [5, 5.41) is 0.760. The summed E-state index contributed by atoms with van der Waals surface area (Å²) in [6, 6.07) is 7.57. The maximum Gasteiger partial charge on any atom is 0.416 e. The number of halogens is 5. The largest absolute Gasteiger partial charge is 0.416 e. The Morgan fingerprint density at radius 2 is 1.72 bits per heavy atom. The highest BCUT2D eigenvalue weighted by Crippen LogP contribution is 2.38. The Hall–Kier alpha value is -2.31. The highest BCUT2D eigenvalue weighted by Gasteiger charge is 2.30. The minimum atomic E-state index is -4.42. The Labute approximate surface area is 150 Å². The number of aromatic nitrogens is 1. The van der Waals surface area contributed by atoms with Gasteiger partial charge in [0.2, 0.25) is 5.91 Å². The number of carbonyl (C=O) groups is 1. The SMILES string of the molecule is NC(=O)c1cnc2c(-c3ccc(C(F)(F)F)cc3)cc(Cl)c(Cl)c2c1. The zero-order valence-electron chi connectivity index (χ0n) is 12.4. The van der Waals surface area contributed by atoms with Crippen LogP contribution in [0.15, 0.2) is 42.6 Å². The topological polar surface area (TPSA) is 56.0 Å². The first-order chi connectivity index (χ1) is 11.7. The Balaban J connectivity index is 2.23. The summed E-state index contributed by atoms with van der Waals surface area (Å²) in [4.78, 5) is 15.5. The van der Waals surface area contributed by atoms with Gasteiger partial charge in [-0.05, 0) is 29.8 Å². The molecule has 0 bridgehead atoms. The molecule has 8 heteroatoms. The monoisotopic (exact) mass is 384 g/mol. The first kappa shape index (κ1) is 17.5. The molecule has 0 saturated heterocycles. The summed E-state index contributed by atoms with van der Waals surface area (Å²) in [6.45, 7) is 0. The van der Waals surface area contributed by atoms with E-state index in [1.807, 2.05) is 0 Å². The molecule has 0 spiro atoms. The van der Waals surface area contributed by atoms with Gasteiger partial charge in [-0.25, -0.2) is 0 Å². The van der Waals surface area contributed by atoms with Gasteiger partial charge in [0.05, 0.1) is 26.7 Å². The molecular weight excluding hydrogens is 376 g/mol. The van der Waals surface area contributed by atoms with Crippen molar-refractivity contribution < 1.29 is 18.0 Å². The van der Waals surface area contributed by atoms with Crippen molar-refractivity contribution in [3.8, 4) is 11.1 Å². The molecule has 1 amide bonds. The van der Waals surface area contributed by atoms with E-state index in [1.165, 1.54) is 30.5 Å². The second-order valence-corrected chi connectivity index (χ2v) is 6.06. The van der Waals surface area contributed by atoms with Crippen LogP contribution in [0.1, 0.15) is 15.9 Å². The molecule has 2 aromatic carbocycles. The maximum atomic E-state index is 12.7. The zero-order valence-corrected chi connectivity index (χ0v) is 13.9. The van der Waals surface area contributed by atoms with E-state index in [0.29, 0.717) is 22.0 Å². The molecule has 0 unspecified atom stereocenters. The Bertz CT molecular complexity index is 986. The summed E-state index contributed by atoms with van der Waals surface area (Å²) in [7, 11) is 0. The molecule has 0 aliphatic carbocycles. The lowest BCUT2D eigenvalue weighted by Crippen LogP contribution is -2.11. The van der Waals surface area contributed by atoms with Gasteiger partial charge in [0.15, 0.2) is 0 Å². The fraction of sp³-hybridized carbons (Fsp3) is 0.0588. The van der Waals surface area contributed by atoms with Crippen LogP contribution >= 0.6 is 23.2 Å². The van der Waals surface area contributed by atoms with Crippen LogP contribution in [0.5, 0.6) is 0 Å². The van der Waals surface area contributed by atoms with Crippen molar-refractivity contribution >= 4 is 40.0 Å². The van der Waals surface area contributed by atoms with E-state index in [4.69, 9.17) is 28.9 Å². The molecule has 1 aromatic heterocycles. The second-order valence-electron chi connectivity index (χ2n) is 5.28. The summed E-state index contributed by atoms with van der Waals surface area (Å²) < 4.78 is 38.2. The van der Waals surface area contributed by atoms with Crippen molar-refractivity contribution in [2.45, 2.75) is 6.18 Å². The van der Waals surface area contributed by atoms with Gasteiger partial charge in [0.25, 0.3) is 0 Å². The van der Waals surface area contributed by atoms with Gasteiger partial charge < -0.3 is 5.73 Å². The number of amides is 1. The van der Waals surface area contributed by atoms with Gasteiger partial charge in [-0.3, -0.25) is 9.78 Å². The number of benzene rings is 2. The molecule has 2 N–H and O–H groups in total. The molecule has 0 atom stereocenters. The minimum absolute atomic E-state index is 0.148. The number of hydrogen-bond donors (Lipinski definition) is 1. The number of primary amides is 1. The van der Waals surface area contributed by atoms with Crippen LogP contribution in [0.3, 0.4) is 0 Å². The van der Waals surface area contributed by atoms with Crippen LogP contribution < -0.4 is 5.73 Å². The van der Waals surface area contributed by atoms with Crippen molar-refractivity contribution in [1.29, 1.82) is 0 Å². The number of nitrogens with two attached hydrogens (primary N) is 1. The lowest BCUT2D eigenvalue weighted by atomic mass is 10.00. The summed E-state index contributed by atoms with van der Waals surface area (Å²) in [6.07, 6.45) is -3.14. The van der Waals surface area contributed by atoms with Gasteiger partial charge in [0.1, 0.15) is 0 Å². The first-order valence-electron chi connectivity index (χ1n) is 6.93. The second kappa shape index (κ2) is 6.20. The van der Waals surface area contributed by atoms with E-state index >= 15 is 0 Å². The highest BCUT2D eigenvalue weighted by atomic mass is 35.5. The molecule has 0 aliphatic rings. The number of fused-ring (bicyclic) bond motifs is 1. The van der Waals surface area contributed by atoms with Crippen molar-refractivity contribution in [2.24, 2.45) is 5.73 Å². The molecule has 0 fully saturated rings. The molecule has 1 heterocycles. The number of carbonyl (C=O) groups excluding carboxylic acids is 1. The molecule has 0 radical (unpaired) electrons. The lowest BCUT2D eigenvalue weighted by molar-refractivity contribution is -0.137. The zero-order chi connectivity index (χ0) is 18.4. The third-order valence-electron chi connectivity index (χ3n) is 3.67. The first-order valence-corrected chi connectivity index (χ1v) is 7.69. The Morgan fingerprint density at radius 1 is 1.08 bits per heavy atom. The van der Waals surface area contributed by atoms with Gasteiger partial charge in [-0.2, -0.15) is 13.2 Å². The molecular formula is C17H9Cl2F3N2O. The minimum Gasteiger partial charge on any atom is -0.366 e. The number of hydrogen-bond acceptors (Lipinski definition) is 2. The third-order valence-corrected chi connectivity index (χ3v) is 4.47. The van der Waals surface area contributed by atoms with Gasteiger partial charge >= 0.3 is 6.18 Å². The maximum absolute atomic E-state index is 12.7. The van der Waals surface area contributed by atoms with E-state index < -0.39 is 17.6 Å². The number of rotatable bonds is 2. The van der Waals surface area contributed by atoms with E-state index in [9.17, 15) is 18.0 Å². The van der Waals surface area contributed by atoms with E-state index in [0.717, 1.165) is 12.1 Å². The molecule has 3 nitrogen and oxygen atoms in total. The smallest absolute Gasteiger partial charge is 0.366 e. The van der Waals surface area contributed by atoms with E-state index in [1.54, 1.807) is 0 Å². The van der Waals surface area contributed by atoms with Crippen LogP contribution in [-0.4, -0.2) is 10.9 Å². The van der Waals surface area contributed by atoms with E-state index in [2.05, 4.69) is 4.98 Å². The quantitative estimate of drug-likeness (QED) is 0.649. The van der Waals surface area contributed by atoms with Crippen LogP contribution in [0.4, 0.5) is 13.2 Å². The predicted octanol–water partition coefficient (Wildman–Crippen LogP) is 5.33. The molecule has 128 valence electrons. The molecule has 3 aromatic rings. The van der Waals surface area contributed by atoms with Gasteiger partial charge in [-0.15, -0.1) is 0 Å². The molecule has 3 rings (SSSR count). The van der Waals surface area contributed by atoms with Crippen molar-refractivity contribution in [1.82, 2.24) is 4.98 Å². The van der Waals surface area contributed by atoms with Crippen LogP contribution in [-0.2, 0) is 6.18 Å². The number of pyridine rings is 1. The van der Waals surface area contributed by atoms with Crippen LogP contribution in [0.2, 0.25) is 10.0 Å².